The summed E-state index contributed by atoms with van der Waals surface area (Å²) in [5, 5.41) is 18.1. The number of nitrogens with zero attached hydrogens (tertiary/aromatic N) is 3. The van der Waals surface area contributed by atoms with Crippen LogP contribution in [0.5, 0.6) is 11.6 Å². The van der Waals surface area contributed by atoms with Crippen molar-refractivity contribution in [2.45, 2.75) is 32.0 Å². The first kappa shape index (κ1) is 22.2. The van der Waals surface area contributed by atoms with Crippen molar-refractivity contribution in [3.05, 3.63) is 46.9 Å². The van der Waals surface area contributed by atoms with Gasteiger partial charge < -0.3 is 20.1 Å². The van der Waals surface area contributed by atoms with E-state index in [1.807, 2.05) is 0 Å². The molecule has 0 bridgehead atoms. The summed E-state index contributed by atoms with van der Waals surface area (Å²) in [6.45, 7) is 1.81. The number of carboxylic acid groups (broad SMARTS) is 1. The molecule has 2 aromatic rings. The summed E-state index contributed by atoms with van der Waals surface area (Å²) in [6.07, 6.45) is -5.07. The first-order valence-corrected chi connectivity index (χ1v) is 9.22. The van der Waals surface area contributed by atoms with Crippen LogP contribution < -0.4 is 10.1 Å². The van der Waals surface area contributed by atoms with Gasteiger partial charge in [-0.15, -0.1) is 10.2 Å². The van der Waals surface area contributed by atoms with Gasteiger partial charge in [0.25, 0.3) is 11.8 Å². The lowest BCUT2D eigenvalue weighted by atomic mass is 10.1. The number of hydrogen-bond donors (Lipinski definition) is 2. The molecule has 0 radical (unpaired) electrons. The number of aromatic nitrogens is 2. The fourth-order valence-electron chi connectivity index (χ4n) is 3.12. The van der Waals surface area contributed by atoms with Crippen LogP contribution >= 0.6 is 0 Å². The number of alkyl halides is 3. The molecule has 0 spiro atoms. The summed E-state index contributed by atoms with van der Waals surface area (Å²) in [5.41, 5.74) is -1.59. The number of amides is 2. The number of aryl methyl sites for hydroxylation is 1. The topological polar surface area (TPSA) is 105 Å². The van der Waals surface area contributed by atoms with E-state index >= 15 is 0 Å². The minimum Gasteiger partial charge on any atom is -0.465 e. The number of benzene rings is 1. The largest absolute Gasteiger partial charge is 0.465 e. The first-order valence-electron chi connectivity index (χ1n) is 9.22. The molecule has 3 rings (SSSR count). The molecule has 2 heterocycles. The number of nitrogens with one attached hydrogen (secondary N) is 1. The Labute approximate surface area is 173 Å². The van der Waals surface area contributed by atoms with Gasteiger partial charge in [0.2, 0.25) is 0 Å². The Morgan fingerprint density at radius 3 is 2.65 bits per heavy atom. The molecule has 1 aliphatic heterocycles. The number of ether oxygens (including phenoxy) is 1. The molecule has 1 atom stereocenters. The molecule has 8 nitrogen and oxygen atoms in total. The highest BCUT2D eigenvalue weighted by molar-refractivity contribution is 5.96. The van der Waals surface area contributed by atoms with Gasteiger partial charge in [-0.2, -0.15) is 13.2 Å². The quantitative estimate of drug-likeness (QED) is 0.701. The maximum Gasteiger partial charge on any atom is 0.435 e. The van der Waals surface area contributed by atoms with Crippen LogP contribution in [-0.4, -0.2) is 51.3 Å². The van der Waals surface area contributed by atoms with Gasteiger partial charge in [0.1, 0.15) is 17.1 Å². The molecule has 0 saturated carbocycles. The Morgan fingerprint density at radius 2 is 2.00 bits per heavy atom. The van der Waals surface area contributed by atoms with E-state index in [1.165, 1.54) is 13.0 Å². The highest BCUT2D eigenvalue weighted by atomic mass is 19.4. The second-order valence-electron chi connectivity index (χ2n) is 7.00. The maximum atomic E-state index is 13.3. The Kier molecular flexibility index (Phi) is 6.27. The molecule has 1 fully saturated rings. The molecule has 1 saturated heterocycles. The van der Waals surface area contributed by atoms with E-state index in [1.54, 1.807) is 0 Å². The van der Waals surface area contributed by atoms with E-state index in [-0.39, 0.29) is 12.3 Å². The lowest BCUT2D eigenvalue weighted by Crippen LogP contribution is -2.49. The van der Waals surface area contributed by atoms with Crippen LogP contribution in [0.3, 0.4) is 0 Å². The molecule has 2 N–H and O–H groups in total. The lowest BCUT2D eigenvalue weighted by Gasteiger charge is -2.31. The van der Waals surface area contributed by atoms with E-state index in [0.29, 0.717) is 31.0 Å². The van der Waals surface area contributed by atoms with E-state index in [0.717, 1.165) is 17.0 Å². The van der Waals surface area contributed by atoms with Crippen molar-refractivity contribution in [1.82, 2.24) is 20.4 Å². The average Bonchev–Trinajstić information content (AvgIpc) is 2.69. The molecule has 1 aromatic carbocycles. The Morgan fingerprint density at radius 1 is 1.26 bits per heavy atom. The average molecular weight is 442 g/mol. The van der Waals surface area contributed by atoms with Gasteiger partial charge in [-0.05, 0) is 49.6 Å². The monoisotopic (exact) mass is 442 g/mol. The van der Waals surface area contributed by atoms with Crippen molar-refractivity contribution in [2.75, 3.05) is 13.1 Å². The molecular formula is C19H18F4N4O4. The van der Waals surface area contributed by atoms with Crippen molar-refractivity contribution in [3.63, 3.8) is 0 Å². The van der Waals surface area contributed by atoms with Gasteiger partial charge in [0.05, 0.1) is 0 Å². The molecule has 1 unspecified atom stereocenters. The van der Waals surface area contributed by atoms with Crippen molar-refractivity contribution in [3.8, 4) is 11.6 Å². The number of carbonyl (C=O) groups excluding carboxylic acids is 1. The van der Waals surface area contributed by atoms with Crippen molar-refractivity contribution >= 4 is 12.0 Å². The van der Waals surface area contributed by atoms with E-state index in [4.69, 9.17) is 9.84 Å². The summed E-state index contributed by atoms with van der Waals surface area (Å²) >= 11 is 0. The third-order valence-electron chi connectivity index (χ3n) is 4.67. The molecule has 1 aromatic heterocycles. The number of piperidine rings is 1. The second-order valence-corrected chi connectivity index (χ2v) is 7.00. The van der Waals surface area contributed by atoms with Crippen LogP contribution in [0.15, 0.2) is 24.3 Å². The van der Waals surface area contributed by atoms with Gasteiger partial charge in [-0.1, -0.05) is 0 Å². The van der Waals surface area contributed by atoms with Crippen LogP contribution in [-0.2, 0) is 6.18 Å². The van der Waals surface area contributed by atoms with E-state index in [9.17, 15) is 27.2 Å². The maximum absolute atomic E-state index is 13.3. The number of halogens is 4. The normalized spacial score (nSPS) is 16.7. The van der Waals surface area contributed by atoms with Crippen molar-refractivity contribution < 1.29 is 37.0 Å². The zero-order valence-electron chi connectivity index (χ0n) is 16.2. The predicted molar refractivity (Wildman–Crippen MR) is 98.3 cm³/mol. The van der Waals surface area contributed by atoms with Gasteiger partial charge in [0, 0.05) is 19.1 Å². The fraction of sp³-hybridized carbons (Fsp3) is 0.368. The fourth-order valence-corrected chi connectivity index (χ4v) is 3.12. The molecular weight excluding hydrogens is 424 g/mol. The van der Waals surface area contributed by atoms with E-state index in [2.05, 4.69) is 15.5 Å². The number of likely N-dealkylation sites (tertiary alicyclic amines) is 1. The minimum atomic E-state index is -4.85. The van der Waals surface area contributed by atoms with Crippen LogP contribution in [0.4, 0.5) is 22.4 Å². The third-order valence-corrected chi connectivity index (χ3v) is 4.67. The molecule has 1 aliphatic rings. The number of rotatable bonds is 4. The zero-order valence-corrected chi connectivity index (χ0v) is 16.2. The summed E-state index contributed by atoms with van der Waals surface area (Å²) in [4.78, 5) is 25.0. The highest BCUT2D eigenvalue weighted by Gasteiger charge is 2.35. The molecule has 0 aliphatic carbocycles. The SMILES string of the molecule is Cc1cc(F)ccc1Oc1nnc(C(F)(F)F)cc1C(=O)NC1CCCN(C(=O)O)C1. The molecule has 31 heavy (non-hydrogen) atoms. The van der Waals surface area contributed by atoms with Gasteiger partial charge >= 0.3 is 12.3 Å². The summed E-state index contributed by atoms with van der Waals surface area (Å²) < 4.78 is 58.1. The number of carbonyl (C=O) groups is 2. The van der Waals surface area contributed by atoms with Gasteiger partial charge in [-0.3, -0.25) is 4.79 Å². The first-order chi connectivity index (χ1) is 14.5. The van der Waals surface area contributed by atoms with E-state index < -0.39 is 47.2 Å². The zero-order chi connectivity index (χ0) is 22.8. The molecule has 166 valence electrons. The minimum absolute atomic E-state index is 0.00102. The predicted octanol–water partition coefficient (Wildman–Crippen LogP) is 3.61. The summed E-state index contributed by atoms with van der Waals surface area (Å²) in [5.74, 6) is -1.88. The lowest BCUT2D eigenvalue weighted by molar-refractivity contribution is -0.141. The summed E-state index contributed by atoms with van der Waals surface area (Å²) in [6, 6.07) is 3.39. The molecule has 12 heteroatoms. The smallest absolute Gasteiger partial charge is 0.435 e. The van der Waals surface area contributed by atoms with Crippen LogP contribution in [0.1, 0.15) is 34.5 Å². The van der Waals surface area contributed by atoms with Crippen LogP contribution in [0.2, 0.25) is 0 Å². The van der Waals surface area contributed by atoms with Gasteiger partial charge in [0.15, 0.2) is 5.69 Å². The highest BCUT2D eigenvalue weighted by Crippen LogP contribution is 2.32. The van der Waals surface area contributed by atoms with Gasteiger partial charge in [-0.25, -0.2) is 9.18 Å². The Balaban J connectivity index is 1.90. The van der Waals surface area contributed by atoms with Crippen LogP contribution in [0.25, 0.3) is 0 Å². The van der Waals surface area contributed by atoms with Crippen LogP contribution in [0, 0.1) is 12.7 Å². The Bertz CT molecular complexity index is 999. The number of hydrogen-bond acceptors (Lipinski definition) is 5. The summed E-state index contributed by atoms with van der Waals surface area (Å²) in [7, 11) is 0. The van der Waals surface area contributed by atoms with Crippen molar-refractivity contribution in [2.24, 2.45) is 0 Å². The third kappa shape index (κ3) is 5.38. The standard InChI is InChI=1S/C19H18F4N4O4/c1-10-7-11(20)4-5-14(10)31-17-13(8-15(25-26-17)19(21,22)23)16(28)24-12-3-2-6-27(9-12)18(29)30/h4-5,7-8,12H,2-3,6,9H2,1H3,(H,24,28)(H,29,30). The Hall–Kier alpha value is -3.44. The van der Waals surface area contributed by atoms with Crippen molar-refractivity contribution in [1.29, 1.82) is 0 Å². The molecule has 2 amide bonds. The second kappa shape index (κ2) is 8.74.